The first-order valence-corrected chi connectivity index (χ1v) is 8.21. The van der Waals surface area contributed by atoms with Gasteiger partial charge in [-0.2, -0.15) is 13.2 Å². The highest BCUT2D eigenvalue weighted by Crippen LogP contribution is 2.40. The molecule has 1 aliphatic carbocycles. The smallest absolute Gasteiger partial charge is 0.393 e. The van der Waals surface area contributed by atoms with Gasteiger partial charge in [0.25, 0.3) is 5.91 Å². The van der Waals surface area contributed by atoms with Crippen LogP contribution in [0.4, 0.5) is 13.2 Å². The zero-order valence-corrected chi connectivity index (χ0v) is 13.5. The van der Waals surface area contributed by atoms with Crippen LogP contribution in [0, 0.1) is 5.92 Å². The number of rotatable bonds is 2. The van der Waals surface area contributed by atoms with Crippen LogP contribution in [-0.2, 0) is 0 Å². The lowest BCUT2D eigenvalue weighted by Crippen LogP contribution is -2.47. The van der Waals surface area contributed by atoms with Crippen LogP contribution in [-0.4, -0.2) is 31.3 Å². The Labute approximate surface area is 142 Å². The Kier molecular flexibility index (Phi) is 4.80. The summed E-state index contributed by atoms with van der Waals surface area (Å²) in [4.78, 5) is 12.4. The van der Waals surface area contributed by atoms with Gasteiger partial charge in [-0.3, -0.25) is 4.79 Å². The van der Waals surface area contributed by atoms with Crippen LogP contribution in [0.1, 0.15) is 36.0 Å². The molecule has 0 spiro atoms. The molecule has 1 amide bonds. The highest BCUT2D eigenvalue weighted by atomic mass is 35.5. The molecule has 2 atom stereocenters. The summed E-state index contributed by atoms with van der Waals surface area (Å²) < 4.78 is 50.1. The minimum Gasteiger partial charge on any atom is -0.486 e. The summed E-state index contributed by atoms with van der Waals surface area (Å²) in [6.45, 7) is 0.681. The molecule has 1 heterocycles. The molecule has 1 saturated carbocycles. The Bertz CT molecular complexity index is 636. The lowest BCUT2D eigenvalue weighted by Gasteiger charge is -2.33. The molecular formula is C16H17ClF3NO3. The molecule has 1 fully saturated rings. The van der Waals surface area contributed by atoms with Crippen molar-refractivity contribution in [2.45, 2.75) is 37.9 Å². The predicted molar refractivity (Wildman–Crippen MR) is 81.7 cm³/mol. The second-order valence-electron chi connectivity index (χ2n) is 5.99. The van der Waals surface area contributed by atoms with Crippen LogP contribution >= 0.6 is 11.6 Å². The van der Waals surface area contributed by atoms with Crippen LogP contribution in [0.5, 0.6) is 11.5 Å². The molecule has 0 bridgehead atoms. The molecule has 132 valence electrons. The van der Waals surface area contributed by atoms with E-state index in [0.29, 0.717) is 44.0 Å². The van der Waals surface area contributed by atoms with E-state index in [4.69, 9.17) is 21.1 Å². The molecule has 0 radical (unpaired) electrons. The quantitative estimate of drug-likeness (QED) is 0.865. The number of hydrogen-bond donors (Lipinski definition) is 1. The van der Waals surface area contributed by atoms with Gasteiger partial charge in [-0.05, 0) is 25.0 Å². The van der Waals surface area contributed by atoms with Gasteiger partial charge in [-0.25, -0.2) is 0 Å². The Morgan fingerprint density at radius 2 is 1.88 bits per heavy atom. The van der Waals surface area contributed by atoms with Gasteiger partial charge in [-0.1, -0.05) is 24.4 Å². The van der Waals surface area contributed by atoms with Crippen molar-refractivity contribution in [1.82, 2.24) is 5.32 Å². The van der Waals surface area contributed by atoms with Gasteiger partial charge in [-0.15, -0.1) is 0 Å². The molecular weight excluding hydrogens is 347 g/mol. The van der Waals surface area contributed by atoms with Crippen molar-refractivity contribution in [2.24, 2.45) is 5.92 Å². The molecule has 1 aliphatic heterocycles. The van der Waals surface area contributed by atoms with Crippen molar-refractivity contribution in [1.29, 1.82) is 0 Å². The monoisotopic (exact) mass is 363 g/mol. The molecule has 8 heteroatoms. The van der Waals surface area contributed by atoms with Gasteiger partial charge >= 0.3 is 6.18 Å². The van der Waals surface area contributed by atoms with E-state index in [9.17, 15) is 18.0 Å². The summed E-state index contributed by atoms with van der Waals surface area (Å²) >= 11 is 6.07. The van der Waals surface area contributed by atoms with Gasteiger partial charge < -0.3 is 14.8 Å². The minimum absolute atomic E-state index is 0.0380. The molecule has 1 N–H and O–H groups in total. The van der Waals surface area contributed by atoms with E-state index in [2.05, 4.69) is 5.32 Å². The molecule has 1 aromatic rings. The van der Waals surface area contributed by atoms with E-state index in [1.807, 2.05) is 0 Å². The van der Waals surface area contributed by atoms with E-state index in [0.717, 1.165) is 0 Å². The summed E-state index contributed by atoms with van der Waals surface area (Å²) in [6, 6.07) is 1.91. The van der Waals surface area contributed by atoms with Gasteiger partial charge in [0.2, 0.25) is 0 Å². The number of carbonyl (C=O) groups excluding carboxylic acids is 1. The number of nitrogens with one attached hydrogen (secondary N) is 1. The van der Waals surface area contributed by atoms with E-state index in [1.54, 1.807) is 0 Å². The Balaban J connectivity index is 1.78. The van der Waals surface area contributed by atoms with Gasteiger partial charge in [0.1, 0.15) is 13.2 Å². The van der Waals surface area contributed by atoms with E-state index >= 15 is 0 Å². The fourth-order valence-corrected chi connectivity index (χ4v) is 3.45. The fourth-order valence-electron chi connectivity index (χ4n) is 3.19. The third kappa shape index (κ3) is 3.55. The maximum Gasteiger partial charge on any atom is 0.393 e. The Hall–Kier alpha value is -1.63. The van der Waals surface area contributed by atoms with Gasteiger partial charge in [0.15, 0.2) is 11.5 Å². The number of alkyl halides is 3. The van der Waals surface area contributed by atoms with Crippen LogP contribution in [0.3, 0.4) is 0 Å². The van der Waals surface area contributed by atoms with Crippen LogP contribution in [0.2, 0.25) is 5.02 Å². The van der Waals surface area contributed by atoms with E-state index in [1.165, 1.54) is 12.1 Å². The van der Waals surface area contributed by atoms with Crippen molar-refractivity contribution in [3.63, 3.8) is 0 Å². The third-order valence-electron chi connectivity index (χ3n) is 4.36. The maximum absolute atomic E-state index is 13.1. The first kappa shape index (κ1) is 17.2. The lowest BCUT2D eigenvalue weighted by atomic mass is 9.84. The number of amides is 1. The number of benzene rings is 1. The van der Waals surface area contributed by atoms with E-state index in [-0.39, 0.29) is 17.0 Å². The zero-order chi connectivity index (χ0) is 17.3. The topological polar surface area (TPSA) is 47.6 Å². The summed E-state index contributed by atoms with van der Waals surface area (Å²) in [5, 5.41) is 2.71. The molecule has 0 aromatic heterocycles. The highest BCUT2D eigenvalue weighted by Gasteiger charge is 2.46. The van der Waals surface area contributed by atoms with Crippen LogP contribution in [0.15, 0.2) is 12.1 Å². The SMILES string of the molecule is O=C(N[C@@H]1CCCC[C@H]1C(F)(F)F)c1cc(Cl)c2c(c1)OCCO2. The van der Waals surface area contributed by atoms with Crippen molar-refractivity contribution < 1.29 is 27.4 Å². The summed E-state index contributed by atoms with van der Waals surface area (Å²) in [5.74, 6) is -1.42. The molecule has 4 nitrogen and oxygen atoms in total. The zero-order valence-electron chi connectivity index (χ0n) is 12.8. The molecule has 1 aromatic carbocycles. The predicted octanol–water partition coefficient (Wildman–Crippen LogP) is 3.96. The fraction of sp³-hybridized carbons (Fsp3) is 0.562. The van der Waals surface area contributed by atoms with E-state index < -0.39 is 24.0 Å². The Morgan fingerprint density at radius 1 is 1.17 bits per heavy atom. The first-order chi connectivity index (χ1) is 11.4. The molecule has 0 saturated heterocycles. The average molecular weight is 364 g/mol. The number of ether oxygens (including phenoxy) is 2. The van der Waals surface area contributed by atoms with Crippen LogP contribution < -0.4 is 14.8 Å². The van der Waals surface area contributed by atoms with Crippen molar-refractivity contribution in [2.75, 3.05) is 13.2 Å². The number of carbonyl (C=O) groups is 1. The number of hydrogen-bond acceptors (Lipinski definition) is 3. The lowest BCUT2D eigenvalue weighted by molar-refractivity contribution is -0.187. The molecule has 2 aliphatic rings. The van der Waals surface area contributed by atoms with Crippen LogP contribution in [0.25, 0.3) is 0 Å². The highest BCUT2D eigenvalue weighted by molar-refractivity contribution is 6.32. The minimum atomic E-state index is -4.32. The Morgan fingerprint density at radius 3 is 2.62 bits per heavy atom. The maximum atomic E-state index is 13.1. The summed E-state index contributed by atoms with van der Waals surface area (Å²) in [7, 11) is 0. The molecule has 3 rings (SSSR count). The van der Waals surface area contributed by atoms with Crippen molar-refractivity contribution >= 4 is 17.5 Å². The van der Waals surface area contributed by atoms with Crippen molar-refractivity contribution in [3.05, 3.63) is 22.7 Å². The summed E-state index contributed by atoms with van der Waals surface area (Å²) in [5.41, 5.74) is 0.163. The number of halogens is 4. The third-order valence-corrected chi connectivity index (χ3v) is 4.64. The van der Waals surface area contributed by atoms with Gasteiger partial charge in [0, 0.05) is 11.6 Å². The first-order valence-electron chi connectivity index (χ1n) is 7.83. The second-order valence-corrected chi connectivity index (χ2v) is 6.40. The molecule has 24 heavy (non-hydrogen) atoms. The summed E-state index contributed by atoms with van der Waals surface area (Å²) in [6.07, 6.45) is -2.78. The second kappa shape index (κ2) is 6.70. The normalized spacial score (nSPS) is 23.7. The standard InChI is InChI=1S/C16H17ClF3NO3/c17-11-7-9(8-13-14(11)24-6-5-23-13)15(22)21-12-4-2-1-3-10(12)16(18,19)20/h7-8,10,12H,1-6H2,(H,21,22)/t10-,12-/m1/s1. The average Bonchev–Trinajstić information content (AvgIpc) is 2.54. The molecule has 0 unspecified atom stereocenters. The van der Waals surface area contributed by atoms with Gasteiger partial charge in [0.05, 0.1) is 10.9 Å². The van der Waals surface area contributed by atoms with Crippen molar-refractivity contribution in [3.8, 4) is 11.5 Å². The number of fused-ring (bicyclic) bond motifs is 1. The largest absolute Gasteiger partial charge is 0.486 e.